The van der Waals surface area contributed by atoms with Crippen molar-refractivity contribution < 1.29 is 24.6 Å². The fraction of sp³-hybridized carbons (Fsp3) is 0.375. The number of rotatable bonds is 6. The first-order valence-corrected chi connectivity index (χ1v) is 7.49. The molecule has 0 aromatic heterocycles. The molecule has 1 aliphatic rings. The van der Waals surface area contributed by atoms with Crippen LogP contribution in [0.2, 0.25) is 0 Å². The molecule has 3 N–H and O–H groups in total. The van der Waals surface area contributed by atoms with Crippen LogP contribution in [-0.2, 0) is 14.4 Å². The van der Waals surface area contributed by atoms with Gasteiger partial charge in [0.05, 0.1) is 5.69 Å². The summed E-state index contributed by atoms with van der Waals surface area (Å²) in [4.78, 5) is 34.9. The van der Waals surface area contributed by atoms with Gasteiger partial charge in [-0.15, -0.1) is 0 Å². The zero-order valence-electron chi connectivity index (χ0n) is 13.3. The van der Waals surface area contributed by atoms with Gasteiger partial charge >= 0.3 is 11.9 Å². The lowest BCUT2D eigenvalue weighted by molar-refractivity contribution is -0.142. The minimum Gasteiger partial charge on any atom is -0.480 e. The number of hydrogen-bond donors (Lipinski definition) is 3. The highest BCUT2D eigenvalue weighted by Crippen LogP contribution is 2.24. The van der Waals surface area contributed by atoms with E-state index in [1.807, 2.05) is 0 Å². The Kier molecular flexibility index (Phi) is 5.18. The number of nitrogens with one attached hydrogen (secondary N) is 1. The number of anilines is 1. The second kappa shape index (κ2) is 7.12. The summed E-state index contributed by atoms with van der Waals surface area (Å²) in [6, 6.07) is 6.57. The van der Waals surface area contributed by atoms with E-state index in [0.717, 1.165) is 0 Å². The molecule has 0 spiro atoms. The molecule has 2 atom stereocenters. The molecule has 1 unspecified atom stereocenters. The number of para-hydroxylation sites is 1. The van der Waals surface area contributed by atoms with Gasteiger partial charge in [0.1, 0.15) is 11.8 Å². The summed E-state index contributed by atoms with van der Waals surface area (Å²) in [6.45, 7) is 3.34. The predicted octanol–water partition coefficient (Wildman–Crippen LogP) is 0.931. The summed E-state index contributed by atoms with van der Waals surface area (Å²) in [7, 11) is 0. The van der Waals surface area contributed by atoms with Gasteiger partial charge in [-0.3, -0.25) is 9.80 Å². The Labute approximate surface area is 138 Å². The highest BCUT2D eigenvalue weighted by Gasteiger charge is 2.37. The summed E-state index contributed by atoms with van der Waals surface area (Å²) in [5.41, 5.74) is 0.546. The summed E-state index contributed by atoms with van der Waals surface area (Å²) in [6.07, 6.45) is -0.0967. The van der Waals surface area contributed by atoms with Crippen LogP contribution in [0.5, 0.6) is 0 Å². The van der Waals surface area contributed by atoms with Gasteiger partial charge in [0, 0.05) is 6.42 Å². The van der Waals surface area contributed by atoms with Crippen molar-refractivity contribution in [1.82, 2.24) is 5.32 Å². The van der Waals surface area contributed by atoms with E-state index in [1.165, 1.54) is 5.01 Å². The molecule has 8 heteroatoms. The molecule has 128 valence electrons. The molecule has 0 aliphatic carbocycles. The number of carbonyl (C=O) groups excluding carboxylic acids is 1. The maximum absolute atomic E-state index is 12.3. The van der Waals surface area contributed by atoms with Crippen LogP contribution in [0.4, 0.5) is 5.69 Å². The second-order valence-corrected chi connectivity index (χ2v) is 5.82. The van der Waals surface area contributed by atoms with Crippen molar-refractivity contribution in [3.8, 4) is 0 Å². The van der Waals surface area contributed by atoms with E-state index in [-0.39, 0.29) is 18.1 Å². The highest BCUT2D eigenvalue weighted by molar-refractivity contribution is 6.40. The first-order chi connectivity index (χ1) is 11.3. The van der Waals surface area contributed by atoms with Crippen LogP contribution in [0.3, 0.4) is 0 Å². The highest BCUT2D eigenvalue weighted by atomic mass is 16.4. The van der Waals surface area contributed by atoms with Crippen LogP contribution in [-0.4, -0.2) is 45.9 Å². The third kappa shape index (κ3) is 3.70. The van der Waals surface area contributed by atoms with Crippen LogP contribution in [0.15, 0.2) is 35.4 Å². The van der Waals surface area contributed by atoms with Crippen LogP contribution in [0.1, 0.15) is 20.3 Å². The third-order valence-electron chi connectivity index (χ3n) is 3.70. The van der Waals surface area contributed by atoms with Crippen LogP contribution in [0, 0.1) is 5.92 Å². The van der Waals surface area contributed by atoms with E-state index in [2.05, 4.69) is 10.4 Å². The molecule has 1 aromatic rings. The molecule has 24 heavy (non-hydrogen) atoms. The lowest BCUT2D eigenvalue weighted by Crippen LogP contribution is -2.47. The maximum Gasteiger partial charge on any atom is 0.328 e. The number of carbonyl (C=O) groups is 3. The fourth-order valence-electron chi connectivity index (χ4n) is 2.40. The van der Waals surface area contributed by atoms with E-state index >= 15 is 0 Å². The van der Waals surface area contributed by atoms with Gasteiger partial charge < -0.3 is 15.5 Å². The van der Waals surface area contributed by atoms with Crippen molar-refractivity contribution in [3.63, 3.8) is 0 Å². The van der Waals surface area contributed by atoms with E-state index in [9.17, 15) is 19.5 Å². The number of carboxylic acid groups (broad SMARTS) is 2. The van der Waals surface area contributed by atoms with E-state index in [0.29, 0.717) is 5.69 Å². The smallest absolute Gasteiger partial charge is 0.328 e. The van der Waals surface area contributed by atoms with Gasteiger partial charge in [-0.1, -0.05) is 32.0 Å². The van der Waals surface area contributed by atoms with Crippen molar-refractivity contribution >= 4 is 29.2 Å². The van der Waals surface area contributed by atoms with Gasteiger partial charge in [-0.2, -0.15) is 5.10 Å². The molecule has 0 fully saturated rings. The normalized spacial score (nSPS) is 18.2. The first-order valence-electron chi connectivity index (χ1n) is 7.49. The summed E-state index contributed by atoms with van der Waals surface area (Å²) in [5, 5.41) is 26.3. The molecule has 1 amide bonds. The van der Waals surface area contributed by atoms with Crippen LogP contribution >= 0.6 is 0 Å². The van der Waals surface area contributed by atoms with E-state index in [1.54, 1.807) is 44.2 Å². The van der Waals surface area contributed by atoms with E-state index in [4.69, 9.17) is 5.11 Å². The zero-order chi connectivity index (χ0) is 17.9. The van der Waals surface area contributed by atoms with Crippen LogP contribution < -0.4 is 10.3 Å². The monoisotopic (exact) mass is 333 g/mol. The number of nitrogens with zero attached hydrogens (tertiary/aromatic N) is 2. The fourth-order valence-corrected chi connectivity index (χ4v) is 2.40. The molecular weight excluding hydrogens is 314 g/mol. The largest absolute Gasteiger partial charge is 0.480 e. The summed E-state index contributed by atoms with van der Waals surface area (Å²) in [5.74, 6) is -3.23. The molecule has 1 aliphatic heterocycles. The Balaban J connectivity index is 2.22. The molecule has 0 saturated heterocycles. The molecule has 0 saturated carbocycles. The Morgan fingerprint density at radius 1 is 1.21 bits per heavy atom. The van der Waals surface area contributed by atoms with Crippen LogP contribution in [0.25, 0.3) is 0 Å². The minimum atomic E-state index is -1.15. The van der Waals surface area contributed by atoms with Crippen molar-refractivity contribution in [2.45, 2.75) is 32.4 Å². The number of hydrazone groups is 1. The lowest BCUT2D eigenvalue weighted by Gasteiger charge is -2.19. The van der Waals surface area contributed by atoms with Gasteiger partial charge in [-0.25, -0.2) is 9.59 Å². The van der Waals surface area contributed by atoms with Gasteiger partial charge in [0.15, 0.2) is 6.04 Å². The standard InChI is InChI=1S/C16H19N3O5/c1-9(2)13(16(23)24)17-14(20)11-8-12(15(21)22)19(18-11)10-6-4-3-5-7-10/h3-7,9,12-13H,8H2,1-2H3,(H,17,20)(H,21,22)(H,23,24)/t12?,13-/m0/s1. The van der Waals surface area contributed by atoms with Crippen molar-refractivity contribution in [1.29, 1.82) is 0 Å². The quantitative estimate of drug-likeness (QED) is 0.712. The molecule has 0 radical (unpaired) electrons. The number of hydrogen-bond acceptors (Lipinski definition) is 5. The summed E-state index contributed by atoms with van der Waals surface area (Å²) < 4.78 is 0. The topological polar surface area (TPSA) is 119 Å². The van der Waals surface area contributed by atoms with Crippen molar-refractivity contribution in [2.24, 2.45) is 11.0 Å². The molecule has 1 heterocycles. The average Bonchev–Trinajstić information content (AvgIpc) is 2.98. The Morgan fingerprint density at radius 2 is 1.83 bits per heavy atom. The third-order valence-corrected chi connectivity index (χ3v) is 3.70. The van der Waals surface area contributed by atoms with Gasteiger partial charge in [-0.05, 0) is 18.1 Å². The predicted molar refractivity (Wildman–Crippen MR) is 86.8 cm³/mol. The maximum atomic E-state index is 12.3. The Hall–Kier alpha value is -2.90. The number of aliphatic carboxylic acids is 2. The molecule has 0 bridgehead atoms. The number of amides is 1. The first kappa shape index (κ1) is 17.5. The lowest BCUT2D eigenvalue weighted by atomic mass is 10.0. The number of carboxylic acids is 2. The molecule has 1 aromatic carbocycles. The SMILES string of the molecule is CC(C)[C@H](NC(=O)C1=NN(c2ccccc2)C(C(=O)O)C1)C(=O)O. The Bertz CT molecular complexity index is 672. The van der Waals surface area contributed by atoms with E-state index < -0.39 is 29.9 Å². The average molecular weight is 333 g/mol. The molecule has 8 nitrogen and oxygen atoms in total. The van der Waals surface area contributed by atoms with Crippen molar-refractivity contribution in [2.75, 3.05) is 5.01 Å². The van der Waals surface area contributed by atoms with Gasteiger partial charge in [0.25, 0.3) is 5.91 Å². The molecule has 2 rings (SSSR count). The number of benzene rings is 1. The zero-order valence-corrected chi connectivity index (χ0v) is 13.3. The second-order valence-electron chi connectivity index (χ2n) is 5.82. The summed E-state index contributed by atoms with van der Waals surface area (Å²) >= 11 is 0. The van der Waals surface area contributed by atoms with Gasteiger partial charge in [0.2, 0.25) is 0 Å². The van der Waals surface area contributed by atoms with Crippen molar-refractivity contribution in [3.05, 3.63) is 30.3 Å². The molecular formula is C16H19N3O5. The minimum absolute atomic E-state index is 0.00171. The Morgan fingerprint density at radius 3 is 2.33 bits per heavy atom.